The topological polar surface area (TPSA) is 89.5 Å². The van der Waals surface area contributed by atoms with Crippen LogP contribution in [0.3, 0.4) is 0 Å². The smallest absolute Gasteiger partial charge is 0.251 e. The molecule has 0 saturated heterocycles. The van der Waals surface area contributed by atoms with Gasteiger partial charge in [-0.2, -0.15) is 0 Å². The van der Waals surface area contributed by atoms with E-state index in [0.29, 0.717) is 33.6 Å². The van der Waals surface area contributed by atoms with Crippen LogP contribution in [0.2, 0.25) is 5.02 Å². The van der Waals surface area contributed by atoms with Crippen LogP contribution < -0.4 is 20.1 Å². The number of anilines is 1. The van der Waals surface area contributed by atoms with Crippen molar-refractivity contribution in [2.75, 3.05) is 26.1 Å². The van der Waals surface area contributed by atoms with E-state index in [1.165, 1.54) is 25.6 Å². The Balaban J connectivity index is 1.53. The van der Waals surface area contributed by atoms with E-state index in [-0.39, 0.29) is 12.5 Å². The SMILES string of the molecule is COc1ccc(C(=O)NCC(=O)Nc2ncc(Cc3ccccc3Cl)s2)cc1OC. The first-order chi connectivity index (χ1) is 14.5. The Morgan fingerprint density at radius 3 is 2.60 bits per heavy atom. The highest BCUT2D eigenvalue weighted by Crippen LogP contribution is 2.27. The predicted octanol–water partition coefficient (Wildman–Crippen LogP) is 3.77. The van der Waals surface area contributed by atoms with E-state index in [2.05, 4.69) is 15.6 Å². The Morgan fingerprint density at radius 2 is 1.87 bits per heavy atom. The highest BCUT2D eigenvalue weighted by Gasteiger charge is 2.13. The first kappa shape index (κ1) is 21.6. The Labute approximate surface area is 183 Å². The molecule has 2 aromatic carbocycles. The summed E-state index contributed by atoms with van der Waals surface area (Å²) in [5.41, 5.74) is 1.35. The van der Waals surface area contributed by atoms with Gasteiger partial charge in [-0.25, -0.2) is 4.98 Å². The maximum Gasteiger partial charge on any atom is 0.251 e. The van der Waals surface area contributed by atoms with E-state index in [1.807, 2.05) is 24.3 Å². The van der Waals surface area contributed by atoms with Gasteiger partial charge in [-0.15, -0.1) is 11.3 Å². The highest BCUT2D eigenvalue weighted by molar-refractivity contribution is 7.15. The Kier molecular flexibility index (Phi) is 7.26. The van der Waals surface area contributed by atoms with Gasteiger partial charge in [-0.3, -0.25) is 9.59 Å². The number of methoxy groups -OCH3 is 2. The largest absolute Gasteiger partial charge is 0.493 e. The van der Waals surface area contributed by atoms with Crippen LogP contribution in [0.25, 0.3) is 0 Å². The summed E-state index contributed by atoms with van der Waals surface area (Å²) in [7, 11) is 3.00. The molecule has 0 aliphatic heterocycles. The first-order valence-electron chi connectivity index (χ1n) is 8.98. The minimum absolute atomic E-state index is 0.188. The number of nitrogens with one attached hydrogen (secondary N) is 2. The maximum atomic E-state index is 12.3. The predicted molar refractivity (Wildman–Crippen MR) is 117 cm³/mol. The second kappa shape index (κ2) is 10.1. The molecule has 0 atom stereocenters. The number of hydrogen-bond donors (Lipinski definition) is 2. The fraction of sp³-hybridized carbons (Fsp3) is 0.190. The summed E-state index contributed by atoms with van der Waals surface area (Å²) in [6.07, 6.45) is 2.33. The van der Waals surface area contributed by atoms with Gasteiger partial charge in [-0.05, 0) is 29.8 Å². The van der Waals surface area contributed by atoms with Gasteiger partial charge in [0, 0.05) is 28.1 Å². The molecule has 1 aromatic heterocycles. The quantitative estimate of drug-likeness (QED) is 0.550. The number of hydrogen-bond acceptors (Lipinski definition) is 6. The number of thiazole rings is 1. The lowest BCUT2D eigenvalue weighted by atomic mass is 10.1. The van der Waals surface area contributed by atoms with Gasteiger partial charge in [0.25, 0.3) is 5.91 Å². The average molecular weight is 446 g/mol. The van der Waals surface area contributed by atoms with Crippen LogP contribution in [0.5, 0.6) is 11.5 Å². The number of carbonyl (C=O) groups is 2. The first-order valence-corrected chi connectivity index (χ1v) is 10.2. The number of nitrogens with zero attached hydrogens (tertiary/aromatic N) is 1. The molecular weight excluding hydrogens is 426 g/mol. The third-order valence-electron chi connectivity index (χ3n) is 4.18. The van der Waals surface area contributed by atoms with Crippen molar-refractivity contribution in [2.45, 2.75) is 6.42 Å². The highest BCUT2D eigenvalue weighted by atomic mass is 35.5. The third-order valence-corrected chi connectivity index (χ3v) is 5.46. The lowest BCUT2D eigenvalue weighted by Gasteiger charge is -2.10. The van der Waals surface area contributed by atoms with Gasteiger partial charge in [0.05, 0.1) is 20.8 Å². The van der Waals surface area contributed by atoms with Crippen molar-refractivity contribution in [3.63, 3.8) is 0 Å². The van der Waals surface area contributed by atoms with E-state index >= 15 is 0 Å². The maximum absolute atomic E-state index is 12.3. The molecule has 1 heterocycles. The molecule has 0 radical (unpaired) electrons. The van der Waals surface area contributed by atoms with E-state index < -0.39 is 5.91 Å². The summed E-state index contributed by atoms with van der Waals surface area (Å²) < 4.78 is 10.3. The van der Waals surface area contributed by atoms with Crippen molar-refractivity contribution in [3.8, 4) is 11.5 Å². The summed E-state index contributed by atoms with van der Waals surface area (Å²) in [5, 5.41) is 6.41. The number of rotatable bonds is 8. The molecule has 0 unspecified atom stereocenters. The Morgan fingerprint density at radius 1 is 1.10 bits per heavy atom. The standard InChI is InChI=1S/C21H20ClN3O4S/c1-28-17-8-7-14(10-18(17)29-2)20(27)23-12-19(26)25-21-24-11-15(30-21)9-13-5-3-4-6-16(13)22/h3-8,10-11H,9,12H2,1-2H3,(H,23,27)(H,24,25,26). The van der Waals surface area contributed by atoms with Crippen LogP contribution in [0, 0.1) is 0 Å². The molecule has 2 amide bonds. The van der Waals surface area contributed by atoms with Crippen molar-refractivity contribution in [2.24, 2.45) is 0 Å². The van der Waals surface area contributed by atoms with Crippen LogP contribution >= 0.6 is 22.9 Å². The lowest BCUT2D eigenvalue weighted by Crippen LogP contribution is -2.32. The van der Waals surface area contributed by atoms with Gasteiger partial charge in [0.1, 0.15) is 0 Å². The summed E-state index contributed by atoms with van der Waals surface area (Å²) in [6.45, 7) is -0.188. The van der Waals surface area contributed by atoms with Crippen molar-refractivity contribution >= 4 is 39.9 Å². The second-order valence-electron chi connectivity index (χ2n) is 6.20. The number of halogens is 1. The molecule has 0 saturated carbocycles. The van der Waals surface area contributed by atoms with Crippen LogP contribution in [-0.4, -0.2) is 37.6 Å². The van der Waals surface area contributed by atoms with E-state index in [9.17, 15) is 9.59 Å². The average Bonchev–Trinajstić information content (AvgIpc) is 3.19. The Hall–Kier alpha value is -3.10. The van der Waals surface area contributed by atoms with Crippen molar-refractivity contribution in [1.29, 1.82) is 0 Å². The third kappa shape index (κ3) is 5.49. The summed E-state index contributed by atoms with van der Waals surface area (Å²) >= 11 is 7.54. The number of aromatic nitrogens is 1. The van der Waals surface area contributed by atoms with Crippen LogP contribution in [0.4, 0.5) is 5.13 Å². The van der Waals surface area contributed by atoms with E-state index in [1.54, 1.807) is 24.4 Å². The van der Waals surface area contributed by atoms with Gasteiger partial charge >= 0.3 is 0 Å². The molecule has 0 fully saturated rings. The number of ether oxygens (including phenoxy) is 2. The molecule has 9 heteroatoms. The lowest BCUT2D eigenvalue weighted by molar-refractivity contribution is -0.115. The molecule has 7 nitrogen and oxygen atoms in total. The van der Waals surface area contributed by atoms with E-state index in [4.69, 9.17) is 21.1 Å². The zero-order valence-corrected chi connectivity index (χ0v) is 18.0. The van der Waals surface area contributed by atoms with Gasteiger partial charge < -0.3 is 20.1 Å². The Bertz CT molecular complexity index is 1050. The number of carbonyl (C=O) groups excluding carboxylic acids is 2. The second-order valence-corrected chi connectivity index (χ2v) is 7.72. The van der Waals surface area contributed by atoms with Crippen LogP contribution in [0.15, 0.2) is 48.7 Å². The molecule has 0 aliphatic carbocycles. The zero-order chi connectivity index (χ0) is 21.5. The molecule has 3 rings (SSSR count). The van der Waals surface area contributed by atoms with Crippen molar-refractivity contribution < 1.29 is 19.1 Å². The zero-order valence-electron chi connectivity index (χ0n) is 16.4. The summed E-state index contributed by atoms with van der Waals surface area (Å²) in [6, 6.07) is 12.4. The molecule has 0 spiro atoms. The van der Waals surface area contributed by atoms with Crippen molar-refractivity contribution in [3.05, 3.63) is 69.7 Å². The normalized spacial score (nSPS) is 10.4. The molecule has 30 heavy (non-hydrogen) atoms. The fourth-order valence-electron chi connectivity index (χ4n) is 2.68. The molecule has 156 valence electrons. The molecular formula is C21H20ClN3O4S. The van der Waals surface area contributed by atoms with Crippen LogP contribution in [0.1, 0.15) is 20.8 Å². The molecule has 0 bridgehead atoms. The minimum atomic E-state index is -0.398. The molecule has 2 N–H and O–H groups in total. The number of benzene rings is 2. The number of amides is 2. The summed E-state index contributed by atoms with van der Waals surface area (Å²) in [5.74, 6) is 0.179. The monoisotopic (exact) mass is 445 g/mol. The molecule has 0 aliphatic rings. The van der Waals surface area contributed by atoms with Gasteiger partial charge in [0.2, 0.25) is 5.91 Å². The fourth-order valence-corrected chi connectivity index (χ4v) is 3.73. The van der Waals surface area contributed by atoms with Gasteiger partial charge in [0.15, 0.2) is 16.6 Å². The molecule has 3 aromatic rings. The van der Waals surface area contributed by atoms with Crippen LogP contribution in [-0.2, 0) is 11.2 Å². The van der Waals surface area contributed by atoms with Gasteiger partial charge in [-0.1, -0.05) is 29.8 Å². The van der Waals surface area contributed by atoms with E-state index in [0.717, 1.165) is 10.4 Å². The minimum Gasteiger partial charge on any atom is -0.493 e. The summed E-state index contributed by atoms with van der Waals surface area (Å²) in [4.78, 5) is 29.6. The van der Waals surface area contributed by atoms with Crippen molar-refractivity contribution in [1.82, 2.24) is 10.3 Å².